The molecule has 1 N–H and O–H groups in total. The van der Waals surface area contributed by atoms with Crippen molar-refractivity contribution < 1.29 is 9.21 Å². The van der Waals surface area contributed by atoms with Gasteiger partial charge in [-0.05, 0) is 19.1 Å². The second-order valence-electron chi connectivity index (χ2n) is 4.96. The highest BCUT2D eigenvalue weighted by Gasteiger charge is 2.22. The summed E-state index contributed by atoms with van der Waals surface area (Å²) in [6.07, 6.45) is 1.56. The fourth-order valence-electron chi connectivity index (χ4n) is 1.84. The quantitative estimate of drug-likeness (QED) is 0.916. The summed E-state index contributed by atoms with van der Waals surface area (Å²) >= 11 is 0. The molecule has 0 saturated carbocycles. The van der Waals surface area contributed by atoms with Crippen LogP contribution in [0.4, 0.5) is 5.95 Å². The third-order valence-electron chi connectivity index (χ3n) is 3.23. The molecule has 2 rings (SSSR count). The summed E-state index contributed by atoms with van der Waals surface area (Å²) in [5.41, 5.74) is -0.264. The number of aromatic nitrogens is 2. The summed E-state index contributed by atoms with van der Waals surface area (Å²) < 4.78 is 5.30. The van der Waals surface area contributed by atoms with Gasteiger partial charge in [-0.1, -0.05) is 0 Å². The summed E-state index contributed by atoms with van der Waals surface area (Å²) in [5.74, 6) is 0.668. The molecule has 1 atom stereocenters. The molecule has 7 heteroatoms. The number of carbonyl (C=O) groups is 1. The van der Waals surface area contributed by atoms with Crippen molar-refractivity contribution in [1.82, 2.24) is 14.9 Å². The minimum atomic E-state index is -0.365. The summed E-state index contributed by atoms with van der Waals surface area (Å²) in [5, 5.41) is 0. The molecule has 0 aromatic carbocycles. The lowest BCUT2D eigenvalue weighted by molar-refractivity contribution is 0.0720. The highest BCUT2D eigenvalue weighted by atomic mass is 16.3. The van der Waals surface area contributed by atoms with Gasteiger partial charge < -0.3 is 14.2 Å². The monoisotopic (exact) mass is 290 g/mol. The van der Waals surface area contributed by atoms with Gasteiger partial charge in [-0.3, -0.25) is 14.6 Å². The number of nitrogens with zero attached hydrogens (tertiary/aromatic N) is 3. The van der Waals surface area contributed by atoms with Crippen LogP contribution in [-0.2, 0) is 0 Å². The summed E-state index contributed by atoms with van der Waals surface area (Å²) in [6, 6.07) is 4.50. The predicted octanol–water partition coefficient (Wildman–Crippen LogP) is 1.26. The molecule has 0 saturated heterocycles. The van der Waals surface area contributed by atoms with E-state index in [1.807, 2.05) is 6.92 Å². The second kappa shape index (κ2) is 5.82. The van der Waals surface area contributed by atoms with Crippen molar-refractivity contribution >= 4 is 11.9 Å². The molecule has 7 nitrogen and oxygen atoms in total. The van der Waals surface area contributed by atoms with Gasteiger partial charge in [0.15, 0.2) is 0 Å². The highest BCUT2D eigenvalue weighted by Crippen LogP contribution is 2.20. The van der Waals surface area contributed by atoms with E-state index >= 15 is 0 Å². The molecular weight excluding hydrogens is 272 g/mol. The Labute approximate surface area is 122 Å². The standard InChI is InChI=1S/C14H18N4O3/c1-9(11-6-5-7-21-11)18(4)13(20)10-8-12(19)16-14(15-10)17(2)3/h5-9H,1-4H3,(H,15,16,19)/t9-/m0/s1. The van der Waals surface area contributed by atoms with Gasteiger partial charge in [-0.25, -0.2) is 4.98 Å². The van der Waals surface area contributed by atoms with Gasteiger partial charge in [0.2, 0.25) is 5.95 Å². The molecule has 0 aliphatic carbocycles. The van der Waals surface area contributed by atoms with Crippen LogP contribution in [0.2, 0.25) is 0 Å². The van der Waals surface area contributed by atoms with Crippen molar-refractivity contribution in [3.63, 3.8) is 0 Å². The molecule has 2 aromatic rings. The predicted molar refractivity (Wildman–Crippen MR) is 78.4 cm³/mol. The van der Waals surface area contributed by atoms with Crippen LogP contribution in [0.25, 0.3) is 0 Å². The summed E-state index contributed by atoms with van der Waals surface area (Å²) in [4.78, 5) is 33.9. The highest BCUT2D eigenvalue weighted by molar-refractivity contribution is 5.92. The summed E-state index contributed by atoms with van der Waals surface area (Å²) in [7, 11) is 5.12. The topological polar surface area (TPSA) is 82.4 Å². The number of aromatic amines is 1. The Balaban J connectivity index is 2.29. The van der Waals surface area contributed by atoms with E-state index in [2.05, 4.69) is 9.97 Å². The average molecular weight is 290 g/mol. The smallest absolute Gasteiger partial charge is 0.273 e. The van der Waals surface area contributed by atoms with Gasteiger partial charge in [0.25, 0.3) is 11.5 Å². The van der Waals surface area contributed by atoms with E-state index in [0.717, 1.165) is 0 Å². The third kappa shape index (κ3) is 3.13. The molecular formula is C14H18N4O3. The lowest BCUT2D eigenvalue weighted by atomic mass is 10.2. The molecule has 2 heterocycles. The first kappa shape index (κ1) is 14.8. The lowest BCUT2D eigenvalue weighted by Crippen LogP contribution is -2.32. The first-order chi connectivity index (χ1) is 9.90. The average Bonchev–Trinajstić information content (AvgIpc) is 2.98. The van der Waals surface area contributed by atoms with Crippen molar-refractivity contribution in [2.24, 2.45) is 0 Å². The van der Waals surface area contributed by atoms with E-state index in [1.54, 1.807) is 44.4 Å². The van der Waals surface area contributed by atoms with E-state index in [4.69, 9.17) is 4.42 Å². The first-order valence-corrected chi connectivity index (χ1v) is 6.49. The molecule has 0 aliphatic rings. The number of amides is 1. The molecule has 0 aliphatic heterocycles. The van der Waals surface area contributed by atoms with Crippen molar-refractivity contribution in [3.8, 4) is 0 Å². The second-order valence-corrected chi connectivity index (χ2v) is 4.96. The van der Waals surface area contributed by atoms with Crippen LogP contribution in [-0.4, -0.2) is 41.9 Å². The van der Waals surface area contributed by atoms with Crippen LogP contribution >= 0.6 is 0 Å². The lowest BCUT2D eigenvalue weighted by Gasteiger charge is -2.23. The fraction of sp³-hybridized carbons (Fsp3) is 0.357. The van der Waals surface area contributed by atoms with E-state index in [-0.39, 0.29) is 23.2 Å². The molecule has 0 fully saturated rings. The first-order valence-electron chi connectivity index (χ1n) is 6.49. The van der Waals surface area contributed by atoms with Gasteiger partial charge in [0.05, 0.1) is 12.3 Å². The molecule has 1 amide bonds. The molecule has 2 aromatic heterocycles. The Morgan fingerprint density at radius 2 is 2.10 bits per heavy atom. The van der Waals surface area contributed by atoms with Crippen LogP contribution in [0, 0.1) is 0 Å². The van der Waals surface area contributed by atoms with Gasteiger partial charge in [0.1, 0.15) is 11.5 Å². The number of nitrogens with one attached hydrogen (secondary N) is 1. The third-order valence-corrected chi connectivity index (χ3v) is 3.23. The van der Waals surface area contributed by atoms with Crippen molar-refractivity contribution in [1.29, 1.82) is 0 Å². The van der Waals surface area contributed by atoms with Crippen LogP contribution in [0.3, 0.4) is 0 Å². The number of hydrogen-bond acceptors (Lipinski definition) is 5. The molecule has 0 bridgehead atoms. The molecule has 0 radical (unpaired) electrons. The van der Waals surface area contributed by atoms with E-state index < -0.39 is 0 Å². The SMILES string of the molecule is C[C@@H](c1ccco1)N(C)C(=O)c1cc(=O)[nH]c(N(C)C)n1. The number of furan rings is 1. The molecule has 112 valence electrons. The maximum Gasteiger partial charge on any atom is 0.273 e. The number of rotatable bonds is 4. The Bertz CT molecular complexity index is 676. The largest absolute Gasteiger partial charge is 0.467 e. The maximum absolute atomic E-state index is 12.5. The fourth-order valence-corrected chi connectivity index (χ4v) is 1.84. The van der Waals surface area contributed by atoms with E-state index in [9.17, 15) is 9.59 Å². The van der Waals surface area contributed by atoms with Crippen molar-refractivity contribution in [2.75, 3.05) is 26.0 Å². The normalized spacial score (nSPS) is 12.0. The van der Waals surface area contributed by atoms with Crippen LogP contribution in [0.5, 0.6) is 0 Å². The minimum absolute atomic E-state index is 0.100. The Hall–Kier alpha value is -2.57. The van der Waals surface area contributed by atoms with Gasteiger partial charge in [0, 0.05) is 27.2 Å². The van der Waals surface area contributed by atoms with Gasteiger partial charge >= 0.3 is 0 Å². The van der Waals surface area contributed by atoms with Crippen LogP contribution in [0.1, 0.15) is 29.2 Å². The number of anilines is 1. The Kier molecular flexibility index (Phi) is 4.11. The zero-order valence-corrected chi connectivity index (χ0v) is 12.5. The molecule has 0 spiro atoms. The van der Waals surface area contributed by atoms with Gasteiger partial charge in [-0.15, -0.1) is 0 Å². The molecule has 0 unspecified atom stereocenters. The Morgan fingerprint density at radius 3 is 2.67 bits per heavy atom. The summed E-state index contributed by atoms with van der Waals surface area (Å²) in [6.45, 7) is 1.84. The minimum Gasteiger partial charge on any atom is -0.467 e. The van der Waals surface area contributed by atoms with Crippen molar-refractivity contribution in [2.45, 2.75) is 13.0 Å². The van der Waals surface area contributed by atoms with E-state index in [1.165, 1.54) is 11.0 Å². The van der Waals surface area contributed by atoms with Crippen LogP contribution < -0.4 is 10.5 Å². The van der Waals surface area contributed by atoms with Crippen molar-refractivity contribution in [3.05, 3.63) is 46.3 Å². The van der Waals surface area contributed by atoms with Crippen LogP contribution in [0.15, 0.2) is 33.7 Å². The van der Waals surface area contributed by atoms with Gasteiger partial charge in [-0.2, -0.15) is 0 Å². The number of carbonyl (C=O) groups excluding carboxylic acids is 1. The number of hydrogen-bond donors (Lipinski definition) is 1. The molecule has 21 heavy (non-hydrogen) atoms. The van der Waals surface area contributed by atoms with E-state index in [0.29, 0.717) is 11.7 Å². The Morgan fingerprint density at radius 1 is 1.38 bits per heavy atom. The number of H-pyrrole nitrogens is 1. The zero-order chi connectivity index (χ0) is 15.6. The zero-order valence-electron chi connectivity index (χ0n) is 12.5. The maximum atomic E-state index is 12.5.